The van der Waals surface area contributed by atoms with E-state index in [-0.39, 0.29) is 39.9 Å². The molecular weight excluding hydrogens is 296 g/mol. The van der Waals surface area contributed by atoms with Gasteiger partial charge in [-0.2, -0.15) is 0 Å². The molecule has 0 amide bonds. The van der Waals surface area contributed by atoms with E-state index >= 15 is 0 Å². The molecule has 2 heterocycles. The molecule has 0 atom stereocenters. The number of aromatic amines is 1. The number of fused-ring (bicyclic) bond motifs is 2. The highest BCUT2D eigenvalue weighted by atomic mass is 16.2. The molecule has 1 N–H and O–H groups in total. The van der Waals surface area contributed by atoms with Gasteiger partial charge in [0.15, 0.2) is 5.78 Å². The number of rotatable bonds is 1. The van der Waals surface area contributed by atoms with Crippen molar-refractivity contribution in [1.82, 2.24) is 9.55 Å². The lowest BCUT2D eigenvalue weighted by Crippen LogP contribution is -2.35. The van der Waals surface area contributed by atoms with E-state index in [4.69, 9.17) is 0 Å². The van der Waals surface area contributed by atoms with E-state index in [1.165, 1.54) is 16.7 Å². The standard InChI is InChI=1S/C17H14N2O4/c1-7-5-10(20)18-14-12(7)16(22)13-8(2)6-11(21)19(9-3-4-9)15(13)17(14)23/h5-6,9H,3-4H2,1-2H3,(H,18,20). The lowest BCUT2D eigenvalue weighted by molar-refractivity contribution is 0.0965. The molecule has 0 radical (unpaired) electrons. The van der Waals surface area contributed by atoms with Crippen molar-refractivity contribution in [3.8, 4) is 0 Å². The zero-order valence-electron chi connectivity index (χ0n) is 12.7. The van der Waals surface area contributed by atoms with Crippen molar-refractivity contribution in [2.24, 2.45) is 0 Å². The van der Waals surface area contributed by atoms with Gasteiger partial charge in [0, 0.05) is 18.2 Å². The highest BCUT2D eigenvalue weighted by molar-refractivity contribution is 6.28. The Bertz CT molecular complexity index is 1020. The summed E-state index contributed by atoms with van der Waals surface area (Å²) in [5, 5.41) is 0. The van der Waals surface area contributed by atoms with Crippen LogP contribution in [-0.2, 0) is 0 Å². The van der Waals surface area contributed by atoms with Gasteiger partial charge in [0.25, 0.3) is 5.56 Å². The number of aromatic nitrogens is 2. The van der Waals surface area contributed by atoms with Crippen molar-refractivity contribution < 1.29 is 9.59 Å². The first-order valence-corrected chi connectivity index (χ1v) is 7.49. The molecule has 116 valence electrons. The van der Waals surface area contributed by atoms with E-state index in [9.17, 15) is 19.2 Å². The van der Waals surface area contributed by atoms with Crippen molar-refractivity contribution in [3.63, 3.8) is 0 Å². The third kappa shape index (κ3) is 1.81. The Morgan fingerprint density at radius 3 is 2.26 bits per heavy atom. The van der Waals surface area contributed by atoms with Gasteiger partial charge in [-0.1, -0.05) is 0 Å². The van der Waals surface area contributed by atoms with Gasteiger partial charge in [0.2, 0.25) is 11.3 Å². The molecule has 0 spiro atoms. The molecule has 4 rings (SSSR count). The number of hydrogen-bond donors (Lipinski definition) is 1. The summed E-state index contributed by atoms with van der Waals surface area (Å²) in [7, 11) is 0. The number of nitrogens with one attached hydrogen (secondary N) is 1. The molecular formula is C17H14N2O4. The van der Waals surface area contributed by atoms with Crippen molar-refractivity contribution in [2.45, 2.75) is 32.7 Å². The summed E-state index contributed by atoms with van der Waals surface area (Å²) in [6, 6.07) is 2.68. The second-order valence-electron chi connectivity index (χ2n) is 6.22. The number of carbonyl (C=O) groups is 2. The van der Waals surface area contributed by atoms with Crippen molar-refractivity contribution in [3.05, 3.63) is 66.5 Å². The van der Waals surface area contributed by atoms with E-state index in [0.717, 1.165) is 12.8 Å². The second-order valence-corrected chi connectivity index (χ2v) is 6.22. The number of aryl methyl sites for hydroxylation is 2. The maximum atomic E-state index is 12.9. The summed E-state index contributed by atoms with van der Waals surface area (Å²) < 4.78 is 1.42. The normalized spacial score (nSPS) is 16.3. The average molecular weight is 310 g/mol. The van der Waals surface area contributed by atoms with Crippen molar-refractivity contribution in [1.29, 1.82) is 0 Å². The first-order chi connectivity index (χ1) is 10.9. The molecule has 2 aliphatic rings. The maximum Gasteiger partial charge on any atom is 0.251 e. The fourth-order valence-electron chi connectivity index (χ4n) is 3.34. The SMILES string of the molecule is Cc1cc(=O)[nH]c2c1C(=O)c1c(C)cc(=O)n(C3CC3)c1C2=O. The van der Waals surface area contributed by atoms with Crippen LogP contribution >= 0.6 is 0 Å². The van der Waals surface area contributed by atoms with E-state index in [2.05, 4.69) is 4.98 Å². The van der Waals surface area contributed by atoms with Gasteiger partial charge < -0.3 is 9.55 Å². The van der Waals surface area contributed by atoms with Crippen LogP contribution in [0.25, 0.3) is 0 Å². The molecule has 23 heavy (non-hydrogen) atoms. The first-order valence-electron chi connectivity index (χ1n) is 7.49. The van der Waals surface area contributed by atoms with Crippen molar-refractivity contribution in [2.75, 3.05) is 0 Å². The van der Waals surface area contributed by atoms with E-state index in [0.29, 0.717) is 11.1 Å². The summed E-state index contributed by atoms with van der Waals surface area (Å²) >= 11 is 0. The van der Waals surface area contributed by atoms with Crippen LogP contribution in [0, 0.1) is 13.8 Å². The van der Waals surface area contributed by atoms with Gasteiger partial charge in [-0.25, -0.2) is 0 Å². The predicted molar refractivity (Wildman–Crippen MR) is 82.4 cm³/mol. The second kappa shape index (κ2) is 4.38. The molecule has 6 nitrogen and oxygen atoms in total. The van der Waals surface area contributed by atoms with Crippen molar-refractivity contribution >= 4 is 11.6 Å². The van der Waals surface area contributed by atoms with Gasteiger partial charge in [-0.05, 0) is 37.8 Å². The Labute approximate surface area is 130 Å². The molecule has 2 aromatic rings. The molecule has 0 bridgehead atoms. The Kier molecular flexibility index (Phi) is 2.64. The number of hydrogen-bond acceptors (Lipinski definition) is 4. The van der Waals surface area contributed by atoms with Gasteiger partial charge in [0.1, 0.15) is 11.4 Å². The smallest absolute Gasteiger partial charge is 0.251 e. The molecule has 1 fully saturated rings. The average Bonchev–Trinajstić information content (AvgIpc) is 3.27. The zero-order valence-corrected chi connectivity index (χ0v) is 12.7. The molecule has 1 saturated carbocycles. The third-order valence-corrected chi connectivity index (χ3v) is 4.50. The lowest BCUT2D eigenvalue weighted by Gasteiger charge is -2.23. The molecule has 0 aromatic carbocycles. The molecule has 0 aliphatic heterocycles. The highest BCUT2D eigenvalue weighted by Crippen LogP contribution is 2.38. The van der Waals surface area contributed by atoms with Crippen LogP contribution < -0.4 is 11.1 Å². The monoisotopic (exact) mass is 310 g/mol. The fraction of sp³-hybridized carbons (Fsp3) is 0.294. The Morgan fingerprint density at radius 2 is 1.61 bits per heavy atom. The quantitative estimate of drug-likeness (QED) is 0.733. The topological polar surface area (TPSA) is 89.0 Å². The Balaban J connectivity index is 2.13. The van der Waals surface area contributed by atoms with Gasteiger partial charge in [-0.3, -0.25) is 19.2 Å². The van der Waals surface area contributed by atoms with Crippen LogP contribution in [0.15, 0.2) is 21.7 Å². The molecule has 0 unspecified atom stereocenters. The van der Waals surface area contributed by atoms with E-state index < -0.39 is 11.3 Å². The number of H-pyrrole nitrogens is 1. The zero-order chi connectivity index (χ0) is 16.5. The lowest BCUT2D eigenvalue weighted by atomic mass is 9.85. The minimum Gasteiger partial charge on any atom is -0.318 e. The number of carbonyl (C=O) groups excluding carboxylic acids is 2. The Hall–Kier alpha value is -2.76. The Morgan fingerprint density at radius 1 is 0.957 bits per heavy atom. The predicted octanol–water partition coefficient (Wildman–Crippen LogP) is 1.26. The minimum absolute atomic E-state index is 0.00750. The summed E-state index contributed by atoms with van der Waals surface area (Å²) in [5.41, 5.74) is 0.883. The highest BCUT2D eigenvalue weighted by Gasteiger charge is 2.39. The van der Waals surface area contributed by atoms with Crippen LogP contribution in [0.2, 0.25) is 0 Å². The first kappa shape index (κ1) is 13.9. The van der Waals surface area contributed by atoms with Gasteiger partial charge in [-0.15, -0.1) is 0 Å². The molecule has 2 aromatic heterocycles. The third-order valence-electron chi connectivity index (χ3n) is 4.50. The van der Waals surface area contributed by atoms with Gasteiger partial charge >= 0.3 is 0 Å². The summed E-state index contributed by atoms with van der Waals surface area (Å²) in [6.45, 7) is 3.30. The van der Waals surface area contributed by atoms with Crippen LogP contribution in [0.5, 0.6) is 0 Å². The van der Waals surface area contributed by atoms with Crippen LogP contribution in [0.3, 0.4) is 0 Å². The summed E-state index contributed by atoms with van der Waals surface area (Å²) in [4.78, 5) is 52.4. The van der Waals surface area contributed by atoms with Gasteiger partial charge in [0.05, 0.1) is 11.1 Å². The minimum atomic E-state index is -0.455. The summed E-state index contributed by atoms with van der Waals surface area (Å²) in [6.07, 6.45) is 1.63. The molecule has 2 aliphatic carbocycles. The molecule has 0 saturated heterocycles. The van der Waals surface area contributed by atoms with Crippen LogP contribution in [0.1, 0.15) is 62.1 Å². The van der Waals surface area contributed by atoms with Crippen LogP contribution in [0.4, 0.5) is 0 Å². The largest absolute Gasteiger partial charge is 0.318 e. The number of pyridine rings is 2. The van der Waals surface area contributed by atoms with E-state index in [1.54, 1.807) is 13.8 Å². The summed E-state index contributed by atoms with van der Waals surface area (Å²) in [5.74, 6) is -0.765. The van der Waals surface area contributed by atoms with E-state index in [1.807, 2.05) is 0 Å². The molecule has 6 heteroatoms. The van der Waals surface area contributed by atoms with Crippen LogP contribution in [-0.4, -0.2) is 21.1 Å². The number of ketones is 2. The number of nitrogens with zero attached hydrogens (tertiary/aromatic N) is 1. The maximum absolute atomic E-state index is 12.9. The fourth-order valence-corrected chi connectivity index (χ4v) is 3.34.